The van der Waals surface area contributed by atoms with Crippen LogP contribution in [0.15, 0.2) is 0 Å². The Morgan fingerprint density at radius 2 is 0.609 bits per heavy atom. The molecule has 0 aromatic heterocycles. The van der Waals surface area contributed by atoms with E-state index < -0.39 is 39.7 Å². The van der Waals surface area contributed by atoms with Crippen LogP contribution < -0.4 is 0 Å². The van der Waals surface area contributed by atoms with Crippen LogP contribution in [0.5, 0.6) is 0 Å². The average molecular weight is 388 g/mol. The SMILES string of the molecule is O=C(O)C(=O)O.O=C(O)C(=O)O.O=P(O)(O)F.O=P(O)(O)F.[LiH]. The molecule has 0 rings (SSSR count). The van der Waals surface area contributed by atoms with Crippen LogP contribution in [0.1, 0.15) is 0 Å². The summed E-state index contributed by atoms with van der Waals surface area (Å²) in [5.41, 5.74) is 0. The van der Waals surface area contributed by atoms with Gasteiger partial charge in [-0.05, 0) is 0 Å². The zero-order valence-electron chi connectivity index (χ0n) is 9.68. The molecule has 0 saturated heterocycles. The van der Waals surface area contributed by atoms with E-state index in [0.29, 0.717) is 0 Å². The van der Waals surface area contributed by atoms with Gasteiger partial charge in [0.05, 0.1) is 0 Å². The maximum atomic E-state index is 10.4. The molecule has 0 bridgehead atoms. The number of aliphatic carboxylic acids is 4. The molecule has 23 heavy (non-hydrogen) atoms. The molecular formula is C4H9F2LiO14P2. The summed E-state index contributed by atoms with van der Waals surface area (Å²) in [5, 5.41) is 29.6. The molecule has 0 aliphatic carbocycles. The monoisotopic (exact) mass is 388 g/mol. The van der Waals surface area contributed by atoms with Crippen LogP contribution in [0.4, 0.5) is 8.39 Å². The van der Waals surface area contributed by atoms with Crippen molar-refractivity contribution in [2.75, 3.05) is 0 Å². The fourth-order valence-electron chi connectivity index (χ4n) is 0. The number of halogens is 2. The van der Waals surface area contributed by atoms with Crippen molar-refractivity contribution < 1.29 is 76.7 Å². The standard InChI is InChI=1S/2C2H2O4.2FH2O3P.Li.H/c2*3-1(4)2(5)6;2*1-5(2,3)4;;/h2*(H,3,4)(H,5,6);2*(H2,2,3,4);;. The Hall–Kier alpha value is -1.36. The van der Waals surface area contributed by atoms with Gasteiger partial charge in [0.25, 0.3) is 0 Å². The summed E-state index contributed by atoms with van der Waals surface area (Å²) < 4.78 is 38.0. The number of carboxylic acids is 4. The number of carboxylic acid groups (broad SMARTS) is 4. The van der Waals surface area contributed by atoms with E-state index in [2.05, 4.69) is 0 Å². The molecule has 0 aliphatic heterocycles. The molecule has 0 spiro atoms. The number of rotatable bonds is 0. The predicted molar refractivity (Wildman–Crippen MR) is 64.0 cm³/mol. The Kier molecular flexibility index (Phi) is 22.5. The van der Waals surface area contributed by atoms with E-state index in [-0.39, 0.29) is 18.9 Å². The van der Waals surface area contributed by atoms with E-state index in [4.69, 9.17) is 68.3 Å². The van der Waals surface area contributed by atoms with Gasteiger partial charge in [-0.25, -0.2) is 28.3 Å². The zero-order chi connectivity index (χ0) is 19.3. The van der Waals surface area contributed by atoms with Gasteiger partial charge in [0.2, 0.25) is 0 Å². The third-order valence-corrected chi connectivity index (χ3v) is 0.366. The molecule has 8 N–H and O–H groups in total. The fourth-order valence-corrected chi connectivity index (χ4v) is 0. The van der Waals surface area contributed by atoms with E-state index >= 15 is 0 Å². The average Bonchev–Trinajstić information content (AvgIpc) is 2.12. The maximum absolute atomic E-state index is 10.4. The summed E-state index contributed by atoms with van der Waals surface area (Å²) >= 11 is 0. The van der Waals surface area contributed by atoms with Crippen molar-refractivity contribution >= 4 is 58.6 Å². The van der Waals surface area contributed by atoms with E-state index in [0.717, 1.165) is 0 Å². The molecule has 0 atom stereocenters. The quantitative estimate of drug-likeness (QED) is 0.124. The van der Waals surface area contributed by atoms with Crippen molar-refractivity contribution in [1.29, 1.82) is 0 Å². The summed E-state index contributed by atoms with van der Waals surface area (Å²) in [6.07, 6.45) is 0. The van der Waals surface area contributed by atoms with Gasteiger partial charge in [0, 0.05) is 0 Å². The Balaban J connectivity index is -0.0000000620. The van der Waals surface area contributed by atoms with Crippen molar-refractivity contribution in [1.82, 2.24) is 0 Å². The summed E-state index contributed by atoms with van der Waals surface area (Å²) in [5.74, 6) is -7.30. The van der Waals surface area contributed by atoms with Crippen LogP contribution >= 0.6 is 15.8 Å². The minimum atomic E-state index is -5.14. The van der Waals surface area contributed by atoms with Crippen LogP contribution in [0.25, 0.3) is 0 Å². The van der Waals surface area contributed by atoms with Gasteiger partial charge in [-0.2, -0.15) is 0 Å². The van der Waals surface area contributed by atoms with Gasteiger partial charge < -0.3 is 20.4 Å². The number of hydrogen-bond donors (Lipinski definition) is 8. The predicted octanol–water partition coefficient (Wildman–Crippen LogP) is -2.24. The Morgan fingerprint density at radius 1 is 0.565 bits per heavy atom. The molecule has 0 fully saturated rings. The molecular weight excluding hydrogens is 379 g/mol. The first-order chi connectivity index (χ1) is 9.29. The van der Waals surface area contributed by atoms with Gasteiger partial charge >= 0.3 is 58.6 Å². The van der Waals surface area contributed by atoms with Crippen molar-refractivity contribution in [2.45, 2.75) is 0 Å². The van der Waals surface area contributed by atoms with Crippen molar-refractivity contribution in [3.05, 3.63) is 0 Å². The van der Waals surface area contributed by atoms with Gasteiger partial charge in [-0.3, -0.25) is 19.6 Å². The molecule has 0 heterocycles. The molecule has 0 radical (unpaired) electrons. The first-order valence-electron chi connectivity index (χ1n) is 3.71. The summed E-state index contributed by atoms with van der Waals surface area (Å²) in [4.78, 5) is 64.3. The minimum absolute atomic E-state index is 0. The zero-order valence-corrected chi connectivity index (χ0v) is 11.5. The number of hydrogen-bond acceptors (Lipinski definition) is 6. The topological polar surface area (TPSA) is 264 Å². The second-order valence-electron chi connectivity index (χ2n) is 2.17. The van der Waals surface area contributed by atoms with Gasteiger partial charge in [0.15, 0.2) is 0 Å². The first kappa shape index (κ1) is 33.3. The van der Waals surface area contributed by atoms with Gasteiger partial charge in [-0.15, -0.1) is 8.39 Å². The van der Waals surface area contributed by atoms with Crippen LogP contribution in [-0.4, -0.2) is 82.7 Å². The van der Waals surface area contributed by atoms with Crippen LogP contribution in [0, 0.1) is 0 Å². The van der Waals surface area contributed by atoms with Crippen molar-refractivity contribution in [3.63, 3.8) is 0 Å². The third kappa shape index (κ3) is 163. The molecule has 0 aromatic carbocycles. The molecule has 14 nitrogen and oxygen atoms in total. The third-order valence-electron chi connectivity index (χ3n) is 0.366. The summed E-state index contributed by atoms with van der Waals surface area (Å²) in [6, 6.07) is 0. The molecule has 0 unspecified atom stereocenters. The molecule has 0 saturated carbocycles. The summed E-state index contributed by atoms with van der Waals surface area (Å²) in [7, 11) is -10.3. The Labute approximate surface area is 136 Å². The molecule has 0 aliphatic rings. The van der Waals surface area contributed by atoms with Crippen molar-refractivity contribution in [3.8, 4) is 0 Å². The van der Waals surface area contributed by atoms with E-state index in [1.807, 2.05) is 0 Å². The molecule has 0 aromatic rings. The number of carbonyl (C=O) groups is 4. The normalized spacial score (nSPS) is 8.96. The Morgan fingerprint density at radius 3 is 0.609 bits per heavy atom. The van der Waals surface area contributed by atoms with E-state index in [9.17, 15) is 8.39 Å². The van der Waals surface area contributed by atoms with E-state index in [1.165, 1.54) is 0 Å². The van der Waals surface area contributed by atoms with Crippen molar-refractivity contribution in [2.24, 2.45) is 0 Å². The second kappa shape index (κ2) is 15.5. The first-order valence-corrected chi connectivity index (χ1v) is 6.72. The van der Waals surface area contributed by atoms with E-state index in [1.54, 1.807) is 0 Å². The van der Waals surface area contributed by atoms with Gasteiger partial charge in [-0.1, -0.05) is 0 Å². The van der Waals surface area contributed by atoms with Gasteiger partial charge in [0.1, 0.15) is 0 Å². The molecule has 134 valence electrons. The Bertz CT molecular complexity index is 395. The molecule has 0 amide bonds. The molecule has 19 heteroatoms. The fraction of sp³-hybridized carbons (Fsp3) is 0. The van der Waals surface area contributed by atoms with Crippen LogP contribution in [0.2, 0.25) is 0 Å². The van der Waals surface area contributed by atoms with Crippen LogP contribution in [0.3, 0.4) is 0 Å². The van der Waals surface area contributed by atoms with Crippen LogP contribution in [-0.2, 0) is 28.3 Å². The summed E-state index contributed by atoms with van der Waals surface area (Å²) in [6.45, 7) is 0. The second-order valence-corrected chi connectivity index (χ2v) is 4.06.